The van der Waals surface area contributed by atoms with E-state index in [0.29, 0.717) is 6.54 Å². The van der Waals surface area contributed by atoms with Crippen LogP contribution in [0.15, 0.2) is 59.6 Å². The molecule has 3 aliphatic heterocycles. The standard InChI is InChI=1S/C28H34N6O2/c1-20-11-12-21(2)23(18-20)19-32-14-16-33(17-15-32)27-29-25-24(26(35)30-28(36)31(25)3)34(27)13-7-10-22-8-5-4-6-9-22/h4-12,18,24-25H,13-17,19H2,1-3H3,(H,30,35,36)/b10-7+. The van der Waals surface area contributed by atoms with Crippen LogP contribution in [0.2, 0.25) is 0 Å². The molecular formula is C28H34N6O2. The number of piperazine rings is 1. The highest BCUT2D eigenvalue weighted by Crippen LogP contribution is 2.26. The smallest absolute Gasteiger partial charge is 0.325 e. The van der Waals surface area contributed by atoms with Gasteiger partial charge in [0.2, 0.25) is 0 Å². The number of benzene rings is 2. The van der Waals surface area contributed by atoms with Crippen LogP contribution in [0, 0.1) is 13.8 Å². The Hall–Kier alpha value is -3.65. The number of nitrogens with one attached hydrogen (secondary N) is 1. The van der Waals surface area contributed by atoms with E-state index in [9.17, 15) is 9.59 Å². The lowest BCUT2D eigenvalue weighted by atomic mass is 10.0. The number of urea groups is 1. The van der Waals surface area contributed by atoms with Gasteiger partial charge in [0.05, 0.1) is 0 Å². The van der Waals surface area contributed by atoms with Crippen LogP contribution in [0.1, 0.15) is 22.3 Å². The molecule has 2 aromatic rings. The summed E-state index contributed by atoms with van der Waals surface area (Å²) >= 11 is 0. The molecule has 2 unspecified atom stereocenters. The van der Waals surface area contributed by atoms with Crippen molar-refractivity contribution in [1.82, 2.24) is 24.9 Å². The van der Waals surface area contributed by atoms with E-state index in [0.717, 1.165) is 44.2 Å². The normalized spacial score (nSPS) is 22.8. The van der Waals surface area contributed by atoms with Gasteiger partial charge in [-0.15, -0.1) is 0 Å². The lowest BCUT2D eigenvalue weighted by Gasteiger charge is -2.40. The Morgan fingerprint density at radius 3 is 2.53 bits per heavy atom. The molecule has 3 aliphatic rings. The van der Waals surface area contributed by atoms with E-state index in [1.807, 2.05) is 35.2 Å². The van der Waals surface area contributed by atoms with Crippen LogP contribution in [-0.2, 0) is 11.3 Å². The highest BCUT2D eigenvalue weighted by Gasteiger charge is 2.49. The third-order valence-electron chi connectivity index (χ3n) is 7.30. The second-order valence-corrected chi connectivity index (χ2v) is 9.85. The third kappa shape index (κ3) is 4.86. The highest BCUT2D eigenvalue weighted by atomic mass is 16.2. The Morgan fingerprint density at radius 2 is 1.78 bits per heavy atom. The molecule has 36 heavy (non-hydrogen) atoms. The molecule has 0 aromatic heterocycles. The average Bonchev–Trinajstić information content (AvgIpc) is 3.26. The number of rotatable bonds is 5. The molecule has 0 aliphatic carbocycles. The molecule has 0 radical (unpaired) electrons. The van der Waals surface area contributed by atoms with Crippen LogP contribution in [0.5, 0.6) is 0 Å². The van der Waals surface area contributed by atoms with E-state index < -0.39 is 18.2 Å². The molecule has 1 N–H and O–H groups in total. The van der Waals surface area contributed by atoms with Gasteiger partial charge in [-0.05, 0) is 30.5 Å². The number of aryl methyl sites for hydroxylation is 2. The third-order valence-corrected chi connectivity index (χ3v) is 7.30. The Balaban J connectivity index is 1.31. The fraction of sp³-hybridized carbons (Fsp3) is 0.393. The molecule has 3 heterocycles. The van der Waals surface area contributed by atoms with Gasteiger partial charge in [-0.1, -0.05) is 66.2 Å². The predicted molar refractivity (Wildman–Crippen MR) is 141 cm³/mol. The maximum atomic E-state index is 12.9. The summed E-state index contributed by atoms with van der Waals surface area (Å²) in [6.07, 6.45) is 3.61. The molecule has 8 heteroatoms. The van der Waals surface area contributed by atoms with E-state index in [4.69, 9.17) is 4.99 Å². The van der Waals surface area contributed by atoms with Crippen molar-refractivity contribution < 1.29 is 9.59 Å². The minimum atomic E-state index is -0.531. The van der Waals surface area contributed by atoms with Crippen molar-refractivity contribution in [3.8, 4) is 0 Å². The number of likely N-dealkylation sites (N-methyl/N-ethyl adjacent to an activating group) is 1. The van der Waals surface area contributed by atoms with Crippen molar-refractivity contribution >= 4 is 24.0 Å². The minimum absolute atomic E-state index is 0.288. The molecule has 0 spiro atoms. The topological polar surface area (TPSA) is 71.5 Å². The van der Waals surface area contributed by atoms with Crippen LogP contribution in [0.25, 0.3) is 6.08 Å². The molecular weight excluding hydrogens is 452 g/mol. The number of nitrogens with zero attached hydrogens (tertiary/aromatic N) is 5. The number of fused-ring (bicyclic) bond motifs is 1. The highest BCUT2D eigenvalue weighted by molar-refractivity contribution is 6.03. The zero-order valence-electron chi connectivity index (χ0n) is 21.2. The number of hydrogen-bond donors (Lipinski definition) is 1. The first-order chi connectivity index (χ1) is 17.4. The van der Waals surface area contributed by atoms with Crippen molar-refractivity contribution in [3.63, 3.8) is 0 Å². The summed E-state index contributed by atoms with van der Waals surface area (Å²) in [7, 11) is 1.70. The van der Waals surface area contributed by atoms with Gasteiger partial charge in [-0.25, -0.2) is 9.79 Å². The van der Waals surface area contributed by atoms with E-state index in [2.05, 4.69) is 59.3 Å². The lowest BCUT2D eigenvalue weighted by molar-refractivity contribution is -0.127. The van der Waals surface area contributed by atoms with Gasteiger partial charge in [0.25, 0.3) is 5.91 Å². The van der Waals surface area contributed by atoms with Gasteiger partial charge in [0.15, 0.2) is 18.2 Å². The number of amides is 3. The van der Waals surface area contributed by atoms with Crippen LogP contribution >= 0.6 is 0 Å². The first kappa shape index (κ1) is 24.1. The first-order valence-corrected chi connectivity index (χ1v) is 12.6. The molecule has 5 rings (SSSR count). The average molecular weight is 487 g/mol. The van der Waals surface area contributed by atoms with Crippen molar-refractivity contribution in [2.45, 2.75) is 32.6 Å². The number of carbonyl (C=O) groups excluding carboxylic acids is 2. The Morgan fingerprint density at radius 1 is 1.03 bits per heavy atom. The maximum absolute atomic E-state index is 12.9. The number of aliphatic imine (C=N–C) groups is 1. The van der Waals surface area contributed by atoms with Gasteiger partial charge in [0, 0.05) is 46.3 Å². The minimum Gasteiger partial charge on any atom is -0.340 e. The largest absolute Gasteiger partial charge is 0.340 e. The Kier molecular flexibility index (Phi) is 6.78. The van der Waals surface area contributed by atoms with Crippen molar-refractivity contribution in [2.75, 3.05) is 39.8 Å². The fourth-order valence-electron chi connectivity index (χ4n) is 5.15. The molecule has 188 valence electrons. The van der Waals surface area contributed by atoms with Gasteiger partial charge in [0.1, 0.15) is 0 Å². The molecule has 0 saturated carbocycles. The van der Waals surface area contributed by atoms with Gasteiger partial charge in [-0.3, -0.25) is 15.0 Å². The summed E-state index contributed by atoms with van der Waals surface area (Å²) in [5.41, 5.74) is 5.08. The summed E-state index contributed by atoms with van der Waals surface area (Å²) < 4.78 is 0. The Labute approximate surface area is 212 Å². The fourth-order valence-corrected chi connectivity index (χ4v) is 5.15. The second kappa shape index (κ2) is 10.1. The quantitative estimate of drug-likeness (QED) is 0.704. The lowest BCUT2D eigenvalue weighted by Crippen LogP contribution is -2.64. The van der Waals surface area contributed by atoms with Crippen molar-refractivity contribution in [3.05, 3.63) is 76.9 Å². The van der Waals surface area contributed by atoms with Crippen molar-refractivity contribution in [1.29, 1.82) is 0 Å². The molecule has 2 saturated heterocycles. The second-order valence-electron chi connectivity index (χ2n) is 9.85. The molecule has 8 nitrogen and oxygen atoms in total. The van der Waals surface area contributed by atoms with Gasteiger partial charge in [-0.2, -0.15) is 0 Å². The number of carbonyl (C=O) groups is 2. The van der Waals surface area contributed by atoms with E-state index in [-0.39, 0.29) is 5.91 Å². The zero-order chi connectivity index (χ0) is 25.2. The van der Waals surface area contributed by atoms with Crippen LogP contribution < -0.4 is 5.32 Å². The molecule has 2 atom stereocenters. The number of hydrogen-bond acceptors (Lipinski definition) is 6. The maximum Gasteiger partial charge on any atom is 0.325 e. The SMILES string of the molecule is Cc1ccc(C)c(CN2CCN(C3=NC4C(C(=O)NC(=O)N4C)N3C/C=C/c3ccccc3)CC2)c1. The molecule has 3 amide bonds. The summed E-state index contributed by atoms with van der Waals surface area (Å²) in [5.74, 6) is 0.509. The van der Waals surface area contributed by atoms with Crippen LogP contribution in [-0.4, -0.2) is 89.5 Å². The van der Waals surface area contributed by atoms with Gasteiger partial charge >= 0.3 is 6.03 Å². The van der Waals surface area contributed by atoms with Crippen LogP contribution in [0.3, 0.4) is 0 Å². The zero-order valence-corrected chi connectivity index (χ0v) is 21.2. The summed E-state index contributed by atoms with van der Waals surface area (Å²) in [4.78, 5) is 38.4. The van der Waals surface area contributed by atoms with Gasteiger partial charge < -0.3 is 14.7 Å². The van der Waals surface area contributed by atoms with Crippen molar-refractivity contribution in [2.24, 2.45) is 4.99 Å². The van der Waals surface area contributed by atoms with Crippen LogP contribution in [0.4, 0.5) is 4.79 Å². The van der Waals surface area contributed by atoms with E-state index in [1.54, 1.807) is 7.05 Å². The monoisotopic (exact) mass is 486 g/mol. The first-order valence-electron chi connectivity index (χ1n) is 12.6. The van der Waals surface area contributed by atoms with E-state index in [1.165, 1.54) is 21.6 Å². The number of guanidine groups is 1. The summed E-state index contributed by atoms with van der Waals surface area (Å²) in [5, 5.41) is 2.49. The molecule has 0 bridgehead atoms. The molecule has 2 fully saturated rings. The Bertz CT molecular complexity index is 1190. The molecule has 2 aromatic carbocycles. The summed E-state index contributed by atoms with van der Waals surface area (Å²) in [6.45, 7) is 9.24. The number of imide groups is 1. The predicted octanol–water partition coefficient (Wildman–Crippen LogP) is 2.68. The summed E-state index contributed by atoms with van der Waals surface area (Å²) in [6, 6.07) is 15.8. The van der Waals surface area contributed by atoms with E-state index >= 15 is 0 Å².